The molecule has 0 saturated carbocycles. The molecule has 1 aliphatic rings. The zero-order valence-electron chi connectivity index (χ0n) is 17.9. The van der Waals surface area contributed by atoms with E-state index in [1.54, 1.807) is 29.2 Å². The Balaban J connectivity index is 1.36. The van der Waals surface area contributed by atoms with Crippen LogP contribution >= 0.6 is 0 Å². The van der Waals surface area contributed by atoms with Crippen LogP contribution in [0.4, 0.5) is 5.69 Å². The number of rotatable bonds is 7. The van der Waals surface area contributed by atoms with Crippen LogP contribution in [0.3, 0.4) is 0 Å². The van der Waals surface area contributed by atoms with Gasteiger partial charge in [0.15, 0.2) is 6.10 Å². The second-order valence-corrected chi connectivity index (χ2v) is 7.54. The maximum Gasteiger partial charge on any atom is 0.374 e. The molecule has 0 saturated heterocycles. The molecule has 2 heterocycles. The van der Waals surface area contributed by atoms with Crippen LogP contribution in [0.5, 0.6) is 5.75 Å². The quantitative estimate of drug-likeness (QED) is 0.410. The summed E-state index contributed by atoms with van der Waals surface area (Å²) >= 11 is 0. The van der Waals surface area contributed by atoms with Gasteiger partial charge in [-0.2, -0.15) is 0 Å². The first-order valence-electron chi connectivity index (χ1n) is 10.3. The number of para-hydroxylation sites is 1. The molecule has 1 aliphatic heterocycles. The van der Waals surface area contributed by atoms with Crippen molar-refractivity contribution in [3.63, 3.8) is 0 Å². The molecule has 0 aliphatic carbocycles. The van der Waals surface area contributed by atoms with Crippen LogP contribution in [-0.4, -0.2) is 30.3 Å². The number of furan rings is 1. The highest BCUT2D eigenvalue weighted by Crippen LogP contribution is 2.29. The summed E-state index contributed by atoms with van der Waals surface area (Å²) in [5, 5.41) is 0. The van der Waals surface area contributed by atoms with Crippen molar-refractivity contribution in [1.29, 1.82) is 0 Å². The van der Waals surface area contributed by atoms with Gasteiger partial charge in [0, 0.05) is 24.7 Å². The molecule has 1 amide bonds. The first kappa shape index (κ1) is 21.4. The summed E-state index contributed by atoms with van der Waals surface area (Å²) in [5.74, 6) is 0.0864. The lowest BCUT2D eigenvalue weighted by atomic mass is 10.0. The molecule has 164 valence electrons. The second-order valence-electron chi connectivity index (χ2n) is 7.54. The predicted molar refractivity (Wildman–Crippen MR) is 117 cm³/mol. The predicted octanol–water partition coefficient (Wildman–Crippen LogP) is 4.20. The minimum Gasteiger partial charge on any atom is -0.486 e. The zero-order valence-corrected chi connectivity index (χ0v) is 17.9. The van der Waals surface area contributed by atoms with Crippen LogP contribution in [0.25, 0.3) is 0 Å². The SMILES string of the molecule is CC(=O)N1CCc2cc(C(=O)C(C)OC(=O)c3ccc(COc4ccccc4)o3)ccc21. The van der Waals surface area contributed by atoms with Gasteiger partial charge in [-0.25, -0.2) is 4.79 Å². The summed E-state index contributed by atoms with van der Waals surface area (Å²) < 4.78 is 16.4. The fourth-order valence-electron chi connectivity index (χ4n) is 3.63. The van der Waals surface area contributed by atoms with E-state index in [1.165, 1.54) is 19.9 Å². The molecule has 0 N–H and O–H groups in total. The van der Waals surface area contributed by atoms with Gasteiger partial charge in [-0.05, 0) is 61.4 Å². The van der Waals surface area contributed by atoms with Crippen LogP contribution in [0.2, 0.25) is 0 Å². The molecular weight excluding hydrogens is 410 g/mol. The lowest BCUT2D eigenvalue weighted by Gasteiger charge is -2.15. The number of amides is 1. The first-order chi connectivity index (χ1) is 15.4. The average molecular weight is 433 g/mol. The lowest BCUT2D eigenvalue weighted by molar-refractivity contribution is -0.116. The van der Waals surface area contributed by atoms with Crippen molar-refractivity contribution in [3.05, 3.63) is 83.3 Å². The van der Waals surface area contributed by atoms with E-state index in [9.17, 15) is 14.4 Å². The normalized spacial score (nSPS) is 13.4. The summed E-state index contributed by atoms with van der Waals surface area (Å²) in [6.45, 7) is 3.81. The summed E-state index contributed by atoms with van der Waals surface area (Å²) in [4.78, 5) is 38.6. The molecule has 7 nitrogen and oxygen atoms in total. The fourth-order valence-corrected chi connectivity index (χ4v) is 3.63. The molecule has 1 unspecified atom stereocenters. The van der Waals surface area contributed by atoms with Crippen molar-refractivity contribution in [2.45, 2.75) is 33.0 Å². The number of anilines is 1. The van der Waals surface area contributed by atoms with E-state index in [4.69, 9.17) is 13.9 Å². The van der Waals surface area contributed by atoms with Crippen molar-refractivity contribution in [2.75, 3.05) is 11.4 Å². The number of ketones is 1. The monoisotopic (exact) mass is 433 g/mol. The molecule has 3 aromatic rings. The van der Waals surface area contributed by atoms with Gasteiger partial charge in [0.05, 0.1) is 0 Å². The topological polar surface area (TPSA) is 86.0 Å². The number of esters is 1. The minimum absolute atomic E-state index is 0.00219. The molecule has 0 fully saturated rings. The van der Waals surface area contributed by atoms with Gasteiger partial charge < -0.3 is 18.8 Å². The summed E-state index contributed by atoms with van der Waals surface area (Å²) in [6, 6.07) is 17.6. The van der Waals surface area contributed by atoms with Crippen LogP contribution in [-0.2, 0) is 22.6 Å². The molecule has 2 aromatic carbocycles. The van der Waals surface area contributed by atoms with E-state index in [1.807, 2.05) is 30.3 Å². The third-order valence-electron chi connectivity index (χ3n) is 5.28. The molecule has 0 bridgehead atoms. The van der Waals surface area contributed by atoms with E-state index < -0.39 is 12.1 Å². The number of carbonyl (C=O) groups excluding carboxylic acids is 3. The summed E-state index contributed by atoms with van der Waals surface area (Å²) in [7, 11) is 0. The Morgan fingerprint density at radius 2 is 1.84 bits per heavy atom. The number of hydrogen-bond donors (Lipinski definition) is 0. The van der Waals surface area contributed by atoms with Crippen molar-refractivity contribution < 1.29 is 28.3 Å². The molecule has 4 rings (SSSR count). The zero-order chi connectivity index (χ0) is 22.7. The highest BCUT2D eigenvalue weighted by atomic mass is 16.6. The van der Waals surface area contributed by atoms with Crippen molar-refractivity contribution >= 4 is 23.3 Å². The lowest BCUT2D eigenvalue weighted by Crippen LogP contribution is -2.26. The Labute approximate surface area is 185 Å². The molecule has 7 heteroatoms. The van der Waals surface area contributed by atoms with Gasteiger partial charge >= 0.3 is 5.97 Å². The standard InChI is InChI=1S/C25H23NO6/c1-16(24(28)19-8-10-22-18(14-19)12-13-26(22)17(2)27)31-25(29)23-11-9-21(32-23)15-30-20-6-4-3-5-7-20/h3-11,14,16H,12-13,15H2,1-2H3. The van der Waals surface area contributed by atoms with Gasteiger partial charge in [-0.3, -0.25) is 9.59 Å². The number of carbonyl (C=O) groups is 3. The molecule has 0 spiro atoms. The third-order valence-corrected chi connectivity index (χ3v) is 5.28. The second kappa shape index (κ2) is 9.09. The number of benzene rings is 2. The Morgan fingerprint density at radius 3 is 2.59 bits per heavy atom. The van der Waals surface area contributed by atoms with Crippen LogP contribution in [0.15, 0.2) is 65.1 Å². The molecular formula is C25H23NO6. The Morgan fingerprint density at radius 1 is 1.06 bits per heavy atom. The number of Topliss-reactive ketones (excluding diaryl/α,β-unsaturated/α-hetero) is 1. The van der Waals surface area contributed by atoms with E-state index in [-0.39, 0.29) is 24.1 Å². The van der Waals surface area contributed by atoms with Gasteiger partial charge in [-0.15, -0.1) is 0 Å². The molecule has 1 atom stereocenters. The van der Waals surface area contributed by atoms with Crippen molar-refractivity contribution in [1.82, 2.24) is 0 Å². The smallest absolute Gasteiger partial charge is 0.374 e. The minimum atomic E-state index is -0.986. The van der Waals surface area contributed by atoms with Crippen molar-refractivity contribution in [2.24, 2.45) is 0 Å². The largest absolute Gasteiger partial charge is 0.486 e. The summed E-state index contributed by atoms with van der Waals surface area (Å²) in [6.07, 6.45) is -0.301. The average Bonchev–Trinajstić information content (AvgIpc) is 3.44. The summed E-state index contributed by atoms with van der Waals surface area (Å²) in [5.41, 5.74) is 2.18. The van der Waals surface area contributed by atoms with Gasteiger partial charge in [0.2, 0.25) is 17.5 Å². The maximum atomic E-state index is 12.8. The van der Waals surface area contributed by atoms with E-state index in [0.717, 1.165) is 11.3 Å². The highest BCUT2D eigenvalue weighted by molar-refractivity contribution is 6.02. The van der Waals surface area contributed by atoms with Gasteiger partial charge in [-0.1, -0.05) is 18.2 Å². The Bertz CT molecular complexity index is 1150. The number of nitrogens with zero attached hydrogens (tertiary/aromatic N) is 1. The van der Waals surface area contributed by atoms with Crippen LogP contribution in [0.1, 0.15) is 46.1 Å². The van der Waals surface area contributed by atoms with Gasteiger partial charge in [0.25, 0.3) is 0 Å². The Kier molecular flexibility index (Phi) is 6.07. The van der Waals surface area contributed by atoms with Crippen molar-refractivity contribution in [3.8, 4) is 5.75 Å². The molecule has 1 aromatic heterocycles. The molecule has 0 radical (unpaired) electrons. The maximum absolute atomic E-state index is 12.8. The first-order valence-corrected chi connectivity index (χ1v) is 10.3. The number of fused-ring (bicyclic) bond motifs is 1. The number of hydrogen-bond acceptors (Lipinski definition) is 6. The van der Waals surface area contributed by atoms with E-state index >= 15 is 0 Å². The third kappa shape index (κ3) is 4.56. The number of ether oxygens (including phenoxy) is 2. The highest BCUT2D eigenvalue weighted by Gasteiger charge is 2.26. The van der Waals surface area contributed by atoms with E-state index in [0.29, 0.717) is 30.0 Å². The van der Waals surface area contributed by atoms with Gasteiger partial charge in [0.1, 0.15) is 18.1 Å². The molecule has 32 heavy (non-hydrogen) atoms. The van der Waals surface area contributed by atoms with Crippen LogP contribution in [0, 0.1) is 0 Å². The van der Waals surface area contributed by atoms with Crippen LogP contribution < -0.4 is 9.64 Å². The fraction of sp³-hybridized carbons (Fsp3) is 0.240. The van der Waals surface area contributed by atoms with E-state index in [2.05, 4.69) is 0 Å². The Hall–Kier alpha value is -3.87.